The molecule has 0 bridgehead atoms. The Morgan fingerprint density at radius 2 is 0.729 bits per heavy atom. The molecule has 11 N–H and O–H groups in total. The topological polar surface area (TPSA) is 374 Å². The lowest BCUT2D eigenvalue weighted by atomic mass is 9.84. The molecule has 2 saturated heterocycles. The van der Waals surface area contributed by atoms with Crippen molar-refractivity contribution in [3.05, 3.63) is 0 Å². The highest BCUT2D eigenvalue weighted by molar-refractivity contribution is 7.47. The monoisotopic (exact) mass is 1400 g/mol. The number of ether oxygens (including phenoxy) is 7. The Kier molecular flexibility index (Phi) is 48.5. The van der Waals surface area contributed by atoms with Crippen LogP contribution in [-0.2, 0) is 61.2 Å². The SMILES string of the molecule is CCCCCCCCCCCCCCCC(=O)OCC1OC(OC2C(O)C(O)C(O)C(OC3OC(CO)C(O)C(O)C3O)C2OP(=O)(O)OCC(COC(=O)CCCCCCCCC(C)CCCCCCCC)OC(=O)CCCCCCCCCCCCCC)C(O)C(O)C1O. The standard InChI is InChI=1S/C71H133O24P/c1-5-8-11-14-17-19-21-23-25-26-28-34-40-45-56(74)88-50-54-59(77)61(79)66(84)71(92-54)94-68-64(82)62(80)63(81)67(93-70-65(83)60(78)58(76)53(47-72)91-70)69(68)95-96(85,86)89-49-52(90-57(75)46-41-36-29-27-24-22-20-18-15-12-9-6-2)48-87-55(73)44-39-35-31-30-33-38-43-51(4)42-37-32-16-13-10-7-3/h51-54,58-72,76-84H,5-50H2,1-4H3,(H,85,86). The van der Waals surface area contributed by atoms with Crippen LogP contribution in [0, 0.1) is 5.92 Å². The van der Waals surface area contributed by atoms with E-state index >= 15 is 0 Å². The molecule has 0 aromatic rings. The molecular weight excluding hydrogens is 1270 g/mol. The van der Waals surface area contributed by atoms with Crippen LogP contribution < -0.4 is 0 Å². The van der Waals surface area contributed by atoms with Gasteiger partial charge in [0, 0.05) is 19.3 Å². The van der Waals surface area contributed by atoms with Gasteiger partial charge in [0.1, 0.15) is 98.7 Å². The molecule has 0 aromatic carbocycles. The van der Waals surface area contributed by atoms with Crippen LogP contribution >= 0.6 is 7.82 Å². The molecule has 25 heteroatoms. The van der Waals surface area contributed by atoms with Crippen molar-refractivity contribution in [1.82, 2.24) is 0 Å². The fourth-order valence-electron chi connectivity index (χ4n) is 12.8. The van der Waals surface area contributed by atoms with Crippen molar-refractivity contribution in [1.29, 1.82) is 0 Å². The van der Waals surface area contributed by atoms with Crippen molar-refractivity contribution >= 4 is 25.7 Å². The van der Waals surface area contributed by atoms with Gasteiger partial charge in [0.25, 0.3) is 0 Å². The van der Waals surface area contributed by atoms with E-state index in [0.29, 0.717) is 25.2 Å². The number of rotatable bonds is 58. The maximum absolute atomic E-state index is 14.3. The van der Waals surface area contributed by atoms with Gasteiger partial charge >= 0.3 is 25.7 Å². The molecule has 3 rings (SSSR count). The van der Waals surface area contributed by atoms with E-state index in [9.17, 15) is 74.9 Å². The van der Waals surface area contributed by atoms with Crippen LogP contribution in [0.4, 0.5) is 0 Å². The first-order valence-corrected chi connectivity index (χ1v) is 39.2. The molecule has 2 heterocycles. The number of carbonyl (C=O) groups is 3. The van der Waals surface area contributed by atoms with Crippen LogP contribution in [0.3, 0.4) is 0 Å². The van der Waals surface area contributed by atoms with E-state index in [1.807, 2.05) is 0 Å². The van der Waals surface area contributed by atoms with Gasteiger partial charge in [-0.15, -0.1) is 0 Å². The minimum absolute atomic E-state index is 0.0330. The van der Waals surface area contributed by atoms with E-state index in [1.54, 1.807) is 0 Å². The Hall–Kier alpha value is -2.04. The van der Waals surface area contributed by atoms with Gasteiger partial charge in [-0.2, -0.15) is 0 Å². The molecule has 3 aliphatic rings. The highest BCUT2D eigenvalue weighted by Crippen LogP contribution is 2.49. The zero-order chi connectivity index (χ0) is 70.5. The van der Waals surface area contributed by atoms with Crippen LogP contribution in [0.2, 0.25) is 0 Å². The molecule has 0 radical (unpaired) electrons. The summed E-state index contributed by atoms with van der Waals surface area (Å²) in [4.78, 5) is 51.0. The third-order valence-electron chi connectivity index (χ3n) is 19.0. The molecule has 96 heavy (non-hydrogen) atoms. The van der Waals surface area contributed by atoms with E-state index in [-0.39, 0.29) is 19.3 Å². The lowest BCUT2D eigenvalue weighted by Gasteiger charge is -2.49. The normalized spacial score (nSPS) is 28.2. The number of hydrogen-bond donors (Lipinski definition) is 11. The second-order valence-corrected chi connectivity index (χ2v) is 29.1. The summed E-state index contributed by atoms with van der Waals surface area (Å²) >= 11 is 0. The van der Waals surface area contributed by atoms with E-state index in [4.69, 9.17) is 42.2 Å². The van der Waals surface area contributed by atoms with Crippen LogP contribution in [-0.4, -0.2) is 204 Å². The summed E-state index contributed by atoms with van der Waals surface area (Å²) in [6, 6.07) is 0. The average molecular weight is 1400 g/mol. The predicted octanol–water partition coefficient (Wildman–Crippen LogP) is 10.0. The van der Waals surface area contributed by atoms with Gasteiger partial charge in [-0.25, -0.2) is 4.57 Å². The summed E-state index contributed by atoms with van der Waals surface area (Å²) < 4.78 is 65.0. The zero-order valence-corrected chi connectivity index (χ0v) is 60.0. The molecule has 0 spiro atoms. The third-order valence-corrected chi connectivity index (χ3v) is 20.0. The molecule has 566 valence electrons. The zero-order valence-electron chi connectivity index (χ0n) is 59.1. The summed E-state index contributed by atoms with van der Waals surface area (Å²) in [5.74, 6) is -1.28. The number of carbonyl (C=O) groups excluding carboxylic acids is 3. The largest absolute Gasteiger partial charge is 0.472 e. The summed E-state index contributed by atoms with van der Waals surface area (Å²) in [6.45, 7) is 5.77. The van der Waals surface area contributed by atoms with E-state index in [1.165, 1.54) is 135 Å². The number of aliphatic hydroxyl groups is 10. The Morgan fingerprint density at radius 3 is 1.12 bits per heavy atom. The quantitative estimate of drug-likeness (QED) is 0.0117. The second kappa shape index (κ2) is 52.9. The highest BCUT2D eigenvalue weighted by Gasteiger charge is 2.58. The maximum atomic E-state index is 14.3. The predicted molar refractivity (Wildman–Crippen MR) is 361 cm³/mol. The van der Waals surface area contributed by atoms with E-state index < -0.39 is 156 Å². The van der Waals surface area contributed by atoms with Crippen LogP contribution in [0.1, 0.15) is 297 Å². The van der Waals surface area contributed by atoms with Crippen LogP contribution in [0.15, 0.2) is 0 Å². The molecule has 19 unspecified atom stereocenters. The van der Waals surface area contributed by atoms with Crippen molar-refractivity contribution in [3.63, 3.8) is 0 Å². The molecular formula is C71H133O24P. The first kappa shape index (κ1) is 88.2. The number of aliphatic hydroxyl groups excluding tert-OH is 10. The van der Waals surface area contributed by atoms with Crippen molar-refractivity contribution in [2.75, 3.05) is 26.4 Å². The Morgan fingerprint density at radius 1 is 0.396 bits per heavy atom. The van der Waals surface area contributed by atoms with Crippen LogP contribution in [0.5, 0.6) is 0 Å². The van der Waals surface area contributed by atoms with Crippen molar-refractivity contribution in [3.8, 4) is 0 Å². The van der Waals surface area contributed by atoms with Gasteiger partial charge < -0.3 is 89.1 Å². The third kappa shape index (κ3) is 36.2. The first-order valence-electron chi connectivity index (χ1n) is 37.7. The number of esters is 3. The van der Waals surface area contributed by atoms with E-state index in [0.717, 1.165) is 96.3 Å². The highest BCUT2D eigenvalue weighted by atomic mass is 31.2. The Labute approximate surface area is 574 Å². The minimum Gasteiger partial charge on any atom is -0.463 e. The number of phosphoric acid groups is 1. The van der Waals surface area contributed by atoms with Gasteiger partial charge in [0.2, 0.25) is 0 Å². The van der Waals surface area contributed by atoms with Gasteiger partial charge in [-0.3, -0.25) is 23.4 Å². The molecule has 1 saturated carbocycles. The molecule has 24 nitrogen and oxygen atoms in total. The number of unbranched alkanes of at least 4 members (excludes halogenated alkanes) is 33. The molecule has 19 atom stereocenters. The summed E-state index contributed by atoms with van der Waals surface area (Å²) in [7, 11) is -5.69. The fourth-order valence-corrected chi connectivity index (χ4v) is 13.7. The van der Waals surface area contributed by atoms with Crippen LogP contribution in [0.25, 0.3) is 0 Å². The van der Waals surface area contributed by atoms with Crippen molar-refractivity contribution < 1.29 is 117 Å². The van der Waals surface area contributed by atoms with Gasteiger partial charge in [0.05, 0.1) is 13.2 Å². The smallest absolute Gasteiger partial charge is 0.463 e. The lowest BCUT2D eigenvalue weighted by molar-refractivity contribution is -0.360. The van der Waals surface area contributed by atoms with Gasteiger partial charge in [0.15, 0.2) is 18.7 Å². The molecule has 2 aliphatic heterocycles. The molecule has 0 aromatic heterocycles. The van der Waals surface area contributed by atoms with Crippen molar-refractivity contribution in [2.24, 2.45) is 5.92 Å². The van der Waals surface area contributed by atoms with Gasteiger partial charge in [-0.05, 0) is 25.2 Å². The molecule has 1 aliphatic carbocycles. The van der Waals surface area contributed by atoms with E-state index in [2.05, 4.69) is 27.7 Å². The lowest BCUT2D eigenvalue weighted by Crippen LogP contribution is -2.69. The van der Waals surface area contributed by atoms with Crippen molar-refractivity contribution in [2.45, 2.75) is 402 Å². The molecule has 3 fully saturated rings. The second-order valence-electron chi connectivity index (χ2n) is 27.7. The maximum Gasteiger partial charge on any atom is 0.472 e. The average Bonchev–Trinajstić information content (AvgIpc) is 0.763. The first-order chi connectivity index (χ1) is 46.2. The summed E-state index contributed by atoms with van der Waals surface area (Å²) in [5, 5.41) is 110. The fraction of sp³-hybridized carbons (Fsp3) is 0.958. The Balaban J connectivity index is 1.74. The number of phosphoric ester groups is 1. The Bertz CT molecular complexity index is 2010. The summed E-state index contributed by atoms with van der Waals surface area (Å²) in [6.07, 6.45) is 7.54. The number of hydrogen-bond acceptors (Lipinski definition) is 23. The minimum atomic E-state index is -5.69. The molecule has 0 amide bonds. The van der Waals surface area contributed by atoms with Gasteiger partial charge in [-0.1, -0.05) is 259 Å². The summed E-state index contributed by atoms with van der Waals surface area (Å²) in [5.41, 5.74) is 0.